The zero-order valence-electron chi connectivity index (χ0n) is 11.8. The van der Waals surface area contributed by atoms with E-state index in [-0.39, 0.29) is 27.9 Å². The maximum Gasteiger partial charge on any atom is 0.363 e. The Bertz CT molecular complexity index is 882. The minimum atomic E-state index is -0.661. The lowest BCUT2D eigenvalue weighted by Crippen LogP contribution is -2.06. The number of benzene rings is 1. The third kappa shape index (κ3) is 3.00. The number of halogens is 1. The van der Waals surface area contributed by atoms with E-state index < -0.39 is 10.9 Å². The summed E-state index contributed by atoms with van der Waals surface area (Å²) in [6.07, 6.45) is 1.44. The summed E-state index contributed by atoms with van der Waals surface area (Å²) in [7, 11) is 0. The van der Waals surface area contributed by atoms with Crippen LogP contribution in [0.15, 0.2) is 45.4 Å². The molecule has 2 aromatic rings. The third-order valence-electron chi connectivity index (χ3n) is 3.05. The molecule has 0 spiro atoms. The monoisotopic (exact) mass is 332 g/mol. The van der Waals surface area contributed by atoms with Crippen molar-refractivity contribution in [1.29, 1.82) is 0 Å². The summed E-state index contributed by atoms with van der Waals surface area (Å²) in [4.78, 5) is 26.2. The van der Waals surface area contributed by atoms with Crippen LogP contribution in [0.25, 0.3) is 6.08 Å². The molecular weight excluding hydrogens is 324 g/mol. The Morgan fingerprint density at radius 1 is 1.30 bits per heavy atom. The van der Waals surface area contributed by atoms with E-state index >= 15 is 0 Å². The number of esters is 1. The second-order valence-corrected chi connectivity index (χ2v) is 5.11. The largest absolute Gasteiger partial charge is 0.462 e. The van der Waals surface area contributed by atoms with Gasteiger partial charge in [0.1, 0.15) is 16.5 Å². The van der Waals surface area contributed by atoms with E-state index in [1.54, 1.807) is 19.1 Å². The molecule has 1 aromatic heterocycles. The number of cyclic esters (lactones) is 1. The van der Waals surface area contributed by atoms with Crippen LogP contribution in [0.4, 0.5) is 5.69 Å². The number of nitro benzene ring substituents is 1. The van der Waals surface area contributed by atoms with Gasteiger partial charge in [0.25, 0.3) is 5.69 Å². The molecule has 8 heteroatoms. The molecular formula is C15H9ClN2O5. The molecule has 1 aliphatic heterocycles. The fourth-order valence-electron chi connectivity index (χ4n) is 1.98. The van der Waals surface area contributed by atoms with E-state index in [0.29, 0.717) is 11.5 Å². The van der Waals surface area contributed by atoms with Gasteiger partial charge < -0.3 is 9.15 Å². The molecule has 2 heterocycles. The lowest BCUT2D eigenvalue weighted by Gasteiger charge is -2.00. The number of carbonyl (C=O) groups is 1. The van der Waals surface area contributed by atoms with Gasteiger partial charge in [0.2, 0.25) is 5.90 Å². The molecule has 3 rings (SSSR count). The Hall–Kier alpha value is -2.93. The van der Waals surface area contributed by atoms with E-state index in [9.17, 15) is 14.9 Å². The number of aliphatic imine (C=N–C) groups is 1. The maximum absolute atomic E-state index is 11.8. The third-order valence-corrected chi connectivity index (χ3v) is 3.37. The van der Waals surface area contributed by atoms with Crippen LogP contribution in [0, 0.1) is 17.0 Å². The van der Waals surface area contributed by atoms with Gasteiger partial charge in [-0.3, -0.25) is 10.1 Å². The molecule has 1 aliphatic rings. The molecule has 23 heavy (non-hydrogen) atoms. The van der Waals surface area contributed by atoms with Crippen molar-refractivity contribution in [1.82, 2.24) is 0 Å². The molecule has 0 amide bonds. The zero-order valence-corrected chi connectivity index (χ0v) is 12.5. The maximum atomic E-state index is 11.8. The summed E-state index contributed by atoms with van der Waals surface area (Å²) in [5.74, 6) is 0.471. The van der Waals surface area contributed by atoms with Crippen molar-refractivity contribution in [2.75, 3.05) is 0 Å². The van der Waals surface area contributed by atoms with E-state index in [1.807, 2.05) is 0 Å². The van der Waals surface area contributed by atoms with Crippen LogP contribution in [0.3, 0.4) is 0 Å². The summed E-state index contributed by atoms with van der Waals surface area (Å²) < 4.78 is 10.4. The number of ether oxygens (including phenoxy) is 1. The number of nitro groups is 1. The Labute approximate surface area is 135 Å². The van der Waals surface area contributed by atoms with Gasteiger partial charge in [0.05, 0.1) is 4.92 Å². The number of rotatable bonds is 3. The van der Waals surface area contributed by atoms with Gasteiger partial charge >= 0.3 is 5.97 Å². The lowest BCUT2D eigenvalue weighted by atomic mass is 10.2. The highest BCUT2D eigenvalue weighted by Crippen LogP contribution is 2.27. The van der Waals surface area contributed by atoms with Gasteiger partial charge in [0, 0.05) is 17.7 Å². The molecule has 0 N–H and O–H groups in total. The average molecular weight is 333 g/mol. The first-order valence-electron chi connectivity index (χ1n) is 6.47. The van der Waals surface area contributed by atoms with E-state index in [0.717, 1.165) is 0 Å². The lowest BCUT2D eigenvalue weighted by molar-refractivity contribution is -0.384. The van der Waals surface area contributed by atoms with Crippen LogP contribution in [0.2, 0.25) is 5.02 Å². The molecule has 0 saturated heterocycles. The molecule has 0 atom stereocenters. The normalized spacial score (nSPS) is 15.7. The van der Waals surface area contributed by atoms with Crippen molar-refractivity contribution < 1.29 is 18.9 Å². The van der Waals surface area contributed by atoms with Crippen LogP contribution in [0.1, 0.15) is 17.1 Å². The highest BCUT2D eigenvalue weighted by Gasteiger charge is 2.26. The SMILES string of the molecule is Cc1ccc(C=C2N=C(c3ccc(Cl)c([N+](=O)[O-])c3)OC2=O)o1. The van der Waals surface area contributed by atoms with Crippen molar-refractivity contribution in [3.63, 3.8) is 0 Å². The number of hydrogen-bond donors (Lipinski definition) is 0. The Morgan fingerprint density at radius 2 is 2.09 bits per heavy atom. The molecule has 0 saturated carbocycles. The van der Waals surface area contributed by atoms with Crippen molar-refractivity contribution >= 4 is 35.2 Å². The van der Waals surface area contributed by atoms with Crippen molar-refractivity contribution in [2.24, 2.45) is 4.99 Å². The highest BCUT2D eigenvalue weighted by molar-refractivity contribution is 6.32. The Morgan fingerprint density at radius 3 is 2.74 bits per heavy atom. The number of nitrogens with zero attached hydrogens (tertiary/aromatic N) is 2. The summed E-state index contributed by atoms with van der Waals surface area (Å²) in [6, 6.07) is 7.48. The van der Waals surface area contributed by atoms with Gasteiger partial charge in [-0.1, -0.05) is 11.6 Å². The van der Waals surface area contributed by atoms with Crippen molar-refractivity contribution in [3.8, 4) is 0 Å². The number of furan rings is 1. The van der Waals surface area contributed by atoms with Crippen LogP contribution in [-0.2, 0) is 9.53 Å². The summed E-state index contributed by atoms with van der Waals surface area (Å²) in [5, 5.41) is 10.9. The average Bonchev–Trinajstić information content (AvgIpc) is 3.06. The number of carbonyl (C=O) groups excluding carboxylic acids is 1. The molecule has 0 radical (unpaired) electrons. The molecule has 0 fully saturated rings. The van der Waals surface area contributed by atoms with Gasteiger partial charge in [-0.25, -0.2) is 9.79 Å². The van der Waals surface area contributed by atoms with Gasteiger partial charge in [-0.05, 0) is 31.2 Å². The molecule has 0 bridgehead atoms. The minimum absolute atomic E-state index is 0.00880. The second-order valence-electron chi connectivity index (χ2n) is 4.71. The Balaban J connectivity index is 1.97. The Kier molecular flexibility index (Phi) is 3.71. The molecule has 7 nitrogen and oxygen atoms in total. The van der Waals surface area contributed by atoms with Crippen molar-refractivity contribution in [3.05, 3.63) is 68.2 Å². The standard InChI is InChI=1S/C15H9ClN2O5/c1-8-2-4-10(22-8)7-12-15(19)23-14(17-12)9-3-5-11(16)13(6-9)18(20)21/h2-7H,1H3. The van der Waals surface area contributed by atoms with Crippen LogP contribution in [-0.4, -0.2) is 16.8 Å². The minimum Gasteiger partial charge on any atom is -0.462 e. The van der Waals surface area contributed by atoms with E-state index in [1.165, 1.54) is 24.3 Å². The quantitative estimate of drug-likeness (QED) is 0.371. The van der Waals surface area contributed by atoms with E-state index in [4.69, 9.17) is 20.8 Å². The highest BCUT2D eigenvalue weighted by atomic mass is 35.5. The predicted octanol–water partition coefficient (Wildman–Crippen LogP) is 3.49. The summed E-state index contributed by atoms with van der Waals surface area (Å²) in [6.45, 7) is 1.77. The van der Waals surface area contributed by atoms with E-state index in [2.05, 4.69) is 4.99 Å². The summed E-state index contributed by atoms with van der Waals surface area (Å²) in [5.41, 5.74) is 0.0439. The second kappa shape index (κ2) is 5.69. The van der Waals surface area contributed by atoms with Gasteiger partial charge in [0.15, 0.2) is 5.70 Å². The summed E-state index contributed by atoms with van der Waals surface area (Å²) >= 11 is 5.75. The molecule has 116 valence electrons. The fraction of sp³-hybridized carbons (Fsp3) is 0.0667. The van der Waals surface area contributed by atoms with Crippen LogP contribution >= 0.6 is 11.6 Å². The van der Waals surface area contributed by atoms with Gasteiger partial charge in [-0.2, -0.15) is 0 Å². The van der Waals surface area contributed by atoms with Crippen molar-refractivity contribution in [2.45, 2.75) is 6.92 Å². The molecule has 1 aromatic carbocycles. The first kappa shape index (κ1) is 15.0. The smallest absolute Gasteiger partial charge is 0.363 e. The zero-order chi connectivity index (χ0) is 16.6. The predicted molar refractivity (Wildman–Crippen MR) is 82.2 cm³/mol. The van der Waals surface area contributed by atoms with Crippen LogP contribution < -0.4 is 0 Å². The number of aryl methyl sites for hydroxylation is 1. The van der Waals surface area contributed by atoms with Crippen LogP contribution in [0.5, 0.6) is 0 Å². The molecule has 0 aliphatic carbocycles. The molecule has 0 unspecified atom stereocenters. The topological polar surface area (TPSA) is 94.9 Å². The number of hydrogen-bond acceptors (Lipinski definition) is 6. The first-order chi connectivity index (χ1) is 10.9. The van der Waals surface area contributed by atoms with Gasteiger partial charge in [-0.15, -0.1) is 0 Å². The fourth-order valence-corrected chi connectivity index (χ4v) is 2.17. The first-order valence-corrected chi connectivity index (χ1v) is 6.85.